The summed E-state index contributed by atoms with van der Waals surface area (Å²) < 4.78 is 32.0. The number of nitrogens with zero attached hydrogens (tertiary/aromatic N) is 1. The third-order valence-corrected chi connectivity index (χ3v) is 4.05. The summed E-state index contributed by atoms with van der Waals surface area (Å²) in [5, 5.41) is 8.90. The highest BCUT2D eigenvalue weighted by atomic mass is 19.2. The van der Waals surface area contributed by atoms with E-state index in [1.54, 1.807) is 4.90 Å². The first-order valence-corrected chi connectivity index (χ1v) is 7.65. The second-order valence-electron chi connectivity index (χ2n) is 5.67. The van der Waals surface area contributed by atoms with Crippen LogP contribution in [0, 0.1) is 11.6 Å². The Morgan fingerprint density at radius 1 is 1.04 bits per heavy atom. The lowest BCUT2D eigenvalue weighted by Crippen LogP contribution is -2.42. The van der Waals surface area contributed by atoms with Crippen LogP contribution in [-0.2, 0) is 4.74 Å². The summed E-state index contributed by atoms with van der Waals surface area (Å²) in [5.41, 5.74) is 0.909. The Morgan fingerprint density at radius 2 is 1.72 bits per heavy atom. The van der Waals surface area contributed by atoms with Crippen molar-refractivity contribution in [3.63, 3.8) is 0 Å². The van der Waals surface area contributed by atoms with E-state index in [1.807, 2.05) is 0 Å². The zero-order valence-electron chi connectivity index (χ0n) is 13.1. The topological polar surface area (TPSA) is 66.8 Å². The van der Waals surface area contributed by atoms with Gasteiger partial charge in [0.25, 0.3) is 5.91 Å². The average Bonchev–Trinajstić information content (AvgIpc) is 2.63. The summed E-state index contributed by atoms with van der Waals surface area (Å²) in [4.78, 5) is 25.0. The Balaban J connectivity index is 1.75. The molecule has 7 heteroatoms. The Labute approximate surface area is 142 Å². The van der Waals surface area contributed by atoms with Gasteiger partial charge in [0, 0.05) is 12.1 Å². The Hall–Kier alpha value is -2.80. The molecular weight excluding hydrogens is 332 g/mol. The van der Waals surface area contributed by atoms with E-state index in [9.17, 15) is 18.4 Å². The van der Waals surface area contributed by atoms with E-state index in [1.165, 1.54) is 30.3 Å². The Bertz CT molecular complexity index is 807. The molecule has 0 aromatic heterocycles. The molecule has 0 unspecified atom stereocenters. The van der Waals surface area contributed by atoms with Gasteiger partial charge in [-0.25, -0.2) is 13.6 Å². The Morgan fingerprint density at radius 3 is 2.36 bits per heavy atom. The van der Waals surface area contributed by atoms with Crippen LogP contribution >= 0.6 is 0 Å². The SMILES string of the molecule is O=C(O)c1ccc(C(=O)N2CCO[C@@H](c3ccc(F)c(F)c3)C2)cc1. The molecule has 1 aliphatic rings. The van der Waals surface area contributed by atoms with Crippen LogP contribution in [0.4, 0.5) is 8.78 Å². The number of carbonyl (C=O) groups excluding carboxylic acids is 1. The minimum Gasteiger partial charge on any atom is -0.478 e. The fourth-order valence-corrected chi connectivity index (χ4v) is 2.69. The lowest BCUT2D eigenvalue weighted by atomic mass is 10.1. The lowest BCUT2D eigenvalue weighted by molar-refractivity contribution is -0.0229. The summed E-state index contributed by atoms with van der Waals surface area (Å²) in [6.07, 6.45) is -0.550. The van der Waals surface area contributed by atoms with E-state index in [0.717, 1.165) is 12.1 Å². The number of ether oxygens (including phenoxy) is 1. The number of carbonyl (C=O) groups is 2. The summed E-state index contributed by atoms with van der Waals surface area (Å²) >= 11 is 0. The minimum absolute atomic E-state index is 0.0955. The quantitative estimate of drug-likeness (QED) is 0.927. The molecule has 3 rings (SSSR count). The van der Waals surface area contributed by atoms with Gasteiger partial charge in [-0.15, -0.1) is 0 Å². The van der Waals surface area contributed by atoms with Gasteiger partial charge in [0.2, 0.25) is 0 Å². The molecule has 0 spiro atoms. The molecule has 2 aromatic carbocycles. The van der Waals surface area contributed by atoms with Gasteiger partial charge in [0.15, 0.2) is 11.6 Å². The van der Waals surface area contributed by atoms with Gasteiger partial charge in [0.05, 0.1) is 18.7 Å². The lowest BCUT2D eigenvalue weighted by Gasteiger charge is -2.33. The molecule has 130 valence electrons. The number of aromatic carboxylic acids is 1. The highest BCUT2D eigenvalue weighted by molar-refractivity contribution is 5.96. The van der Waals surface area contributed by atoms with Crippen molar-refractivity contribution < 1.29 is 28.2 Å². The molecule has 25 heavy (non-hydrogen) atoms. The molecule has 1 heterocycles. The summed E-state index contributed by atoms with van der Waals surface area (Å²) in [7, 11) is 0. The highest BCUT2D eigenvalue weighted by Gasteiger charge is 2.26. The van der Waals surface area contributed by atoms with Gasteiger partial charge in [-0.3, -0.25) is 4.79 Å². The van der Waals surface area contributed by atoms with Crippen molar-refractivity contribution in [3.05, 3.63) is 70.8 Å². The van der Waals surface area contributed by atoms with Crippen molar-refractivity contribution in [1.82, 2.24) is 4.90 Å². The minimum atomic E-state index is -1.07. The molecule has 2 aromatic rings. The standard InChI is InChI=1S/C18H15F2NO4/c19-14-6-5-13(9-15(14)20)16-10-21(7-8-25-16)17(22)11-1-3-12(4-2-11)18(23)24/h1-6,9,16H,7-8,10H2,(H,23,24)/t16-/m1/s1. The molecular formula is C18H15F2NO4. The van der Waals surface area contributed by atoms with Gasteiger partial charge in [-0.05, 0) is 42.0 Å². The first-order chi connectivity index (χ1) is 12.0. The fourth-order valence-electron chi connectivity index (χ4n) is 2.69. The number of hydrogen-bond acceptors (Lipinski definition) is 3. The van der Waals surface area contributed by atoms with E-state index in [2.05, 4.69) is 0 Å². The maximum Gasteiger partial charge on any atom is 0.335 e. The van der Waals surface area contributed by atoms with Crippen LogP contribution in [0.2, 0.25) is 0 Å². The molecule has 1 fully saturated rings. The van der Waals surface area contributed by atoms with Crippen LogP contribution < -0.4 is 0 Å². The number of morpholine rings is 1. The van der Waals surface area contributed by atoms with Gasteiger partial charge in [-0.1, -0.05) is 6.07 Å². The molecule has 0 saturated carbocycles. The number of halogens is 2. The molecule has 1 aliphatic heterocycles. The number of benzene rings is 2. The molecule has 1 saturated heterocycles. The normalized spacial score (nSPS) is 17.4. The zero-order valence-corrected chi connectivity index (χ0v) is 13.1. The number of hydrogen-bond donors (Lipinski definition) is 1. The van der Waals surface area contributed by atoms with Crippen molar-refractivity contribution in [2.45, 2.75) is 6.10 Å². The first kappa shape index (κ1) is 17.0. The Kier molecular flexibility index (Phi) is 4.76. The number of carboxylic acids is 1. The second-order valence-corrected chi connectivity index (χ2v) is 5.67. The largest absolute Gasteiger partial charge is 0.478 e. The van der Waals surface area contributed by atoms with Crippen molar-refractivity contribution in [3.8, 4) is 0 Å². The average molecular weight is 347 g/mol. The molecule has 0 radical (unpaired) electrons. The van der Waals surface area contributed by atoms with Crippen molar-refractivity contribution in [1.29, 1.82) is 0 Å². The molecule has 1 N–H and O–H groups in total. The third-order valence-electron chi connectivity index (χ3n) is 4.05. The number of rotatable bonds is 3. The monoisotopic (exact) mass is 347 g/mol. The van der Waals surface area contributed by atoms with Gasteiger partial charge >= 0.3 is 5.97 Å². The van der Waals surface area contributed by atoms with Crippen LogP contribution in [0.5, 0.6) is 0 Å². The second kappa shape index (κ2) is 6.98. The molecule has 1 amide bonds. The third kappa shape index (κ3) is 3.66. The number of carboxylic acid groups (broad SMARTS) is 1. The smallest absolute Gasteiger partial charge is 0.335 e. The molecule has 1 atom stereocenters. The maximum atomic E-state index is 13.4. The van der Waals surface area contributed by atoms with Crippen LogP contribution in [0.15, 0.2) is 42.5 Å². The van der Waals surface area contributed by atoms with E-state index < -0.39 is 23.7 Å². The maximum absolute atomic E-state index is 13.4. The van der Waals surface area contributed by atoms with Crippen molar-refractivity contribution >= 4 is 11.9 Å². The van der Waals surface area contributed by atoms with Crippen molar-refractivity contribution in [2.75, 3.05) is 19.7 Å². The summed E-state index contributed by atoms with van der Waals surface area (Å²) in [6.45, 7) is 0.826. The van der Waals surface area contributed by atoms with Crippen LogP contribution in [0.25, 0.3) is 0 Å². The first-order valence-electron chi connectivity index (χ1n) is 7.65. The van der Waals surface area contributed by atoms with Gasteiger partial charge < -0.3 is 14.7 Å². The van der Waals surface area contributed by atoms with E-state index in [-0.39, 0.29) is 24.6 Å². The predicted molar refractivity (Wildman–Crippen MR) is 84.4 cm³/mol. The van der Waals surface area contributed by atoms with Crippen molar-refractivity contribution in [2.24, 2.45) is 0 Å². The number of amides is 1. The van der Waals surface area contributed by atoms with Gasteiger partial charge in [0.1, 0.15) is 6.10 Å². The predicted octanol–water partition coefficient (Wildman–Crippen LogP) is 2.88. The summed E-state index contributed by atoms with van der Waals surface area (Å²) in [5.74, 6) is -3.24. The van der Waals surface area contributed by atoms with E-state index in [4.69, 9.17) is 9.84 Å². The van der Waals surface area contributed by atoms with Gasteiger partial charge in [-0.2, -0.15) is 0 Å². The molecule has 0 bridgehead atoms. The van der Waals surface area contributed by atoms with Crippen LogP contribution in [0.3, 0.4) is 0 Å². The molecule has 5 nitrogen and oxygen atoms in total. The van der Waals surface area contributed by atoms with Crippen LogP contribution in [0.1, 0.15) is 32.4 Å². The highest BCUT2D eigenvalue weighted by Crippen LogP contribution is 2.24. The van der Waals surface area contributed by atoms with E-state index >= 15 is 0 Å². The summed E-state index contributed by atoms with van der Waals surface area (Å²) in [6, 6.07) is 9.15. The zero-order chi connectivity index (χ0) is 18.0. The molecule has 0 aliphatic carbocycles. The van der Waals surface area contributed by atoms with E-state index in [0.29, 0.717) is 17.7 Å². The fraction of sp³-hybridized carbons (Fsp3) is 0.222. The van der Waals surface area contributed by atoms with Crippen LogP contribution in [-0.4, -0.2) is 41.6 Å².